The molecular weight excluding hydrogens is 536 g/mol. The van der Waals surface area contributed by atoms with E-state index in [1.807, 2.05) is 6.92 Å². The van der Waals surface area contributed by atoms with Gasteiger partial charge in [-0.15, -0.1) is 0 Å². The standard InChI is InChI=1S/C29H27ClN4O4S/c1-16-12-13-24(38-16)27-19(14-31)29(39-15-25(35)33-21-10-7-8-20(30)17(21)2)32-18(3)26(27)28(36)34-22-9-5-6-11-23(22)37-4/h5-13,27,32H,15H2,1-4H3,(H,33,35)(H,34,36). The van der Waals surface area contributed by atoms with Crippen molar-refractivity contribution in [3.63, 3.8) is 0 Å². The van der Waals surface area contributed by atoms with Gasteiger partial charge in [0.05, 0.1) is 46.7 Å². The van der Waals surface area contributed by atoms with Crippen molar-refractivity contribution < 1.29 is 18.7 Å². The lowest BCUT2D eigenvalue weighted by atomic mass is 9.85. The van der Waals surface area contributed by atoms with Crippen LogP contribution in [0.5, 0.6) is 5.75 Å². The number of hydrogen-bond donors (Lipinski definition) is 3. The molecule has 8 nitrogen and oxygen atoms in total. The lowest BCUT2D eigenvalue weighted by Crippen LogP contribution is -2.31. The summed E-state index contributed by atoms with van der Waals surface area (Å²) in [7, 11) is 1.52. The number of thioether (sulfide) groups is 1. The predicted molar refractivity (Wildman–Crippen MR) is 154 cm³/mol. The molecule has 0 saturated carbocycles. The van der Waals surface area contributed by atoms with Gasteiger partial charge in [0.2, 0.25) is 5.91 Å². The number of carbonyl (C=O) groups is 2. The highest BCUT2D eigenvalue weighted by molar-refractivity contribution is 8.03. The topological polar surface area (TPSA) is 116 Å². The van der Waals surface area contributed by atoms with Gasteiger partial charge >= 0.3 is 0 Å². The van der Waals surface area contributed by atoms with Gasteiger partial charge in [-0.05, 0) is 62.7 Å². The van der Waals surface area contributed by atoms with E-state index >= 15 is 0 Å². The Labute approximate surface area is 236 Å². The number of amides is 2. The molecule has 0 spiro atoms. The highest BCUT2D eigenvalue weighted by Crippen LogP contribution is 2.42. The number of carbonyl (C=O) groups excluding carboxylic acids is 2. The second-order valence-electron chi connectivity index (χ2n) is 8.80. The van der Waals surface area contributed by atoms with E-state index in [2.05, 4.69) is 22.0 Å². The Morgan fingerprint density at radius 2 is 1.82 bits per heavy atom. The van der Waals surface area contributed by atoms with Crippen LogP contribution < -0.4 is 20.7 Å². The van der Waals surface area contributed by atoms with Crippen molar-refractivity contribution in [1.82, 2.24) is 5.32 Å². The third kappa shape index (κ3) is 6.14. The number of methoxy groups -OCH3 is 1. The summed E-state index contributed by atoms with van der Waals surface area (Å²) in [5, 5.41) is 20.2. The van der Waals surface area contributed by atoms with E-state index in [0.717, 1.165) is 5.56 Å². The number of nitriles is 1. The normalized spacial score (nSPS) is 14.9. The van der Waals surface area contributed by atoms with Crippen LogP contribution in [-0.2, 0) is 9.59 Å². The third-order valence-corrected chi connectivity index (χ3v) is 7.61. The fourth-order valence-electron chi connectivity index (χ4n) is 4.22. The van der Waals surface area contributed by atoms with Crippen LogP contribution >= 0.6 is 23.4 Å². The minimum absolute atomic E-state index is 0.0272. The zero-order chi connectivity index (χ0) is 28.1. The van der Waals surface area contributed by atoms with E-state index in [4.69, 9.17) is 20.8 Å². The van der Waals surface area contributed by atoms with Crippen LogP contribution in [0.15, 0.2) is 80.9 Å². The Balaban J connectivity index is 1.62. The molecule has 1 atom stereocenters. The maximum Gasteiger partial charge on any atom is 0.254 e. The quantitative estimate of drug-likeness (QED) is 0.296. The summed E-state index contributed by atoms with van der Waals surface area (Å²) < 4.78 is 11.3. The van der Waals surface area contributed by atoms with Gasteiger partial charge < -0.3 is 25.1 Å². The molecule has 1 aromatic heterocycles. The monoisotopic (exact) mass is 562 g/mol. The van der Waals surface area contributed by atoms with Crippen LogP contribution in [0.3, 0.4) is 0 Å². The Morgan fingerprint density at radius 3 is 2.51 bits per heavy atom. The molecule has 0 radical (unpaired) electrons. The van der Waals surface area contributed by atoms with Gasteiger partial charge in [-0.3, -0.25) is 9.59 Å². The molecule has 0 bridgehead atoms. The number of hydrogen-bond acceptors (Lipinski definition) is 7. The molecule has 2 aromatic carbocycles. The smallest absolute Gasteiger partial charge is 0.254 e. The van der Waals surface area contributed by atoms with E-state index in [0.29, 0.717) is 50.0 Å². The number of furan rings is 1. The van der Waals surface area contributed by atoms with Crippen molar-refractivity contribution in [3.05, 3.63) is 98.6 Å². The van der Waals surface area contributed by atoms with Crippen molar-refractivity contribution in [3.8, 4) is 11.8 Å². The molecule has 1 aliphatic heterocycles. The molecule has 1 unspecified atom stereocenters. The molecule has 4 rings (SSSR count). The number of aryl methyl sites for hydroxylation is 1. The maximum absolute atomic E-state index is 13.6. The van der Waals surface area contributed by atoms with Crippen molar-refractivity contribution in [2.24, 2.45) is 0 Å². The molecule has 0 fully saturated rings. The van der Waals surface area contributed by atoms with Crippen LogP contribution in [0.4, 0.5) is 11.4 Å². The molecule has 0 aliphatic carbocycles. The summed E-state index contributed by atoms with van der Waals surface area (Å²) in [6.07, 6.45) is 0. The molecule has 2 amide bonds. The molecule has 3 N–H and O–H groups in total. The molecule has 1 aliphatic rings. The SMILES string of the molecule is COc1ccccc1NC(=O)C1=C(C)NC(SCC(=O)Nc2cccc(Cl)c2C)=C(C#N)C1c1ccc(C)o1. The molecule has 2 heterocycles. The molecule has 39 heavy (non-hydrogen) atoms. The lowest BCUT2D eigenvalue weighted by molar-refractivity contribution is -0.114. The molecule has 10 heteroatoms. The van der Waals surface area contributed by atoms with Crippen LogP contribution in [0.1, 0.15) is 29.9 Å². The highest BCUT2D eigenvalue weighted by Gasteiger charge is 2.37. The maximum atomic E-state index is 13.6. The van der Waals surface area contributed by atoms with Gasteiger partial charge in [-0.25, -0.2) is 0 Å². The summed E-state index contributed by atoms with van der Waals surface area (Å²) in [5.74, 6) is 0.185. The van der Waals surface area contributed by atoms with E-state index in [1.165, 1.54) is 18.9 Å². The summed E-state index contributed by atoms with van der Waals surface area (Å²) >= 11 is 7.34. The van der Waals surface area contributed by atoms with Crippen molar-refractivity contribution in [2.75, 3.05) is 23.5 Å². The van der Waals surface area contributed by atoms with Crippen LogP contribution in [0, 0.1) is 25.2 Å². The minimum atomic E-state index is -0.777. The average Bonchev–Trinajstić information content (AvgIpc) is 3.35. The van der Waals surface area contributed by atoms with Gasteiger partial charge in [0.15, 0.2) is 0 Å². The van der Waals surface area contributed by atoms with Crippen LogP contribution in [0.2, 0.25) is 5.02 Å². The summed E-state index contributed by atoms with van der Waals surface area (Å²) in [6.45, 7) is 5.37. The van der Waals surface area contributed by atoms with Gasteiger partial charge in [0.25, 0.3) is 5.91 Å². The number of para-hydroxylation sites is 2. The van der Waals surface area contributed by atoms with Crippen LogP contribution in [-0.4, -0.2) is 24.7 Å². The number of nitrogens with zero attached hydrogens (tertiary/aromatic N) is 1. The number of nitrogens with one attached hydrogen (secondary N) is 3. The van der Waals surface area contributed by atoms with Crippen molar-refractivity contribution in [1.29, 1.82) is 5.26 Å². The second kappa shape index (κ2) is 12.2. The number of halogens is 1. The third-order valence-electron chi connectivity index (χ3n) is 6.18. The van der Waals surface area contributed by atoms with Crippen molar-refractivity contribution >= 4 is 46.6 Å². The zero-order valence-electron chi connectivity index (χ0n) is 21.8. The second-order valence-corrected chi connectivity index (χ2v) is 10.2. The Kier molecular flexibility index (Phi) is 8.69. The van der Waals surface area contributed by atoms with E-state index in [9.17, 15) is 14.9 Å². The van der Waals surface area contributed by atoms with Crippen molar-refractivity contribution in [2.45, 2.75) is 26.7 Å². The zero-order valence-corrected chi connectivity index (χ0v) is 23.4. The number of rotatable bonds is 8. The minimum Gasteiger partial charge on any atom is -0.495 e. The molecule has 0 saturated heterocycles. The van der Waals surface area contributed by atoms with Gasteiger partial charge in [-0.1, -0.05) is 41.6 Å². The first kappa shape index (κ1) is 27.9. The highest BCUT2D eigenvalue weighted by atomic mass is 35.5. The predicted octanol–water partition coefficient (Wildman–Crippen LogP) is 6.27. The van der Waals surface area contributed by atoms with Crippen LogP contribution in [0.25, 0.3) is 0 Å². The lowest BCUT2D eigenvalue weighted by Gasteiger charge is -2.28. The first-order valence-electron chi connectivity index (χ1n) is 12.0. The number of dihydropyridines is 1. The summed E-state index contributed by atoms with van der Waals surface area (Å²) in [6, 6.07) is 18.1. The van der Waals surface area contributed by atoms with Gasteiger partial charge in [0.1, 0.15) is 17.3 Å². The largest absolute Gasteiger partial charge is 0.495 e. The van der Waals surface area contributed by atoms with E-state index in [1.54, 1.807) is 68.4 Å². The Hall–Kier alpha value is -4.13. The number of benzene rings is 2. The number of ether oxygens (including phenoxy) is 1. The first-order valence-corrected chi connectivity index (χ1v) is 13.4. The fraction of sp³-hybridized carbons (Fsp3) is 0.207. The number of anilines is 2. The Morgan fingerprint density at radius 1 is 1.08 bits per heavy atom. The average molecular weight is 563 g/mol. The molecule has 3 aromatic rings. The van der Waals surface area contributed by atoms with E-state index < -0.39 is 11.8 Å². The number of allylic oxidation sites excluding steroid dienone is 2. The van der Waals surface area contributed by atoms with Gasteiger partial charge in [-0.2, -0.15) is 5.26 Å². The fourth-order valence-corrected chi connectivity index (χ4v) is 5.29. The first-order chi connectivity index (χ1) is 18.7. The molecule has 200 valence electrons. The van der Waals surface area contributed by atoms with Gasteiger partial charge in [0, 0.05) is 16.4 Å². The molecular formula is C29H27ClN4O4S. The summed E-state index contributed by atoms with van der Waals surface area (Å²) in [4.78, 5) is 26.4. The van der Waals surface area contributed by atoms with E-state index in [-0.39, 0.29) is 17.2 Å². The summed E-state index contributed by atoms with van der Waals surface area (Å²) in [5.41, 5.74) is 3.02. The Bertz CT molecular complexity index is 1540.